The molecule has 2 heterocycles. The number of ether oxygens (including phenoxy) is 1. The Morgan fingerprint density at radius 3 is 3.00 bits per heavy atom. The van der Waals surface area contributed by atoms with Crippen molar-refractivity contribution < 1.29 is 4.74 Å². The van der Waals surface area contributed by atoms with E-state index in [1.165, 1.54) is 16.7 Å². The van der Waals surface area contributed by atoms with E-state index in [1.54, 1.807) is 11.3 Å². The first-order chi connectivity index (χ1) is 8.90. The molecule has 2 aromatic rings. The molecule has 0 saturated carbocycles. The average molecular weight is 260 g/mol. The van der Waals surface area contributed by atoms with Gasteiger partial charge in [0, 0.05) is 0 Å². The molecule has 0 bridgehead atoms. The van der Waals surface area contributed by atoms with Crippen LogP contribution in [0.25, 0.3) is 0 Å². The number of nitrogens with two attached hydrogens (primary N) is 1. The lowest BCUT2D eigenvalue weighted by atomic mass is 9.91. The zero-order valence-electron chi connectivity index (χ0n) is 10.0. The van der Waals surface area contributed by atoms with Crippen molar-refractivity contribution in [2.45, 2.75) is 18.6 Å². The number of hydrazine groups is 1. The van der Waals surface area contributed by atoms with Crippen LogP contribution in [0.5, 0.6) is 0 Å². The standard InChI is InChI=1S/C14H16N2OS/c15-16-13(11-6-8-18-9-11)14-12-4-2-1-3-10(12)5-7-17-14/h1-4,6,8-9,13-14,16H,5,7,15H2. The number of hydrogen-bond acceptors (Lipinski definition) is 4. The Kier molecular flexibility index (Phi) is 3.43. The van der Waals surface area contributed by atoms with Gasteiger partial charge in [-0.15, -0.1) is 0 Å². The molecule has 0 fully saturated rings. The lowest BCUT2D eigenvalue weighted by Gasteiger charge is -2.31. The Bertz CT molecular complexity index is 512. The van der Waals surface area contributed by atoms with Crippen molar-refractivity contribution in [1.82, 2.24) is 5.43 Å². The van der Waals surface area contributed by atoms with Crippen molar-refractivity contribution in [1.29, 1.82) is 0 Å². The van der Waals surface area contributed by atoms with Crippen molar-refractivity contribution in [2.24, 2.45) is 5.84 Å². The largest absolute Gasteiger partial charge is 0.371 e. The summed E-state index contributed by atoms with van der Waals surface area (Å²) in [5, 5.41) is 4.18. The maximum Gasteiger partial charge on any atom is 0.104 e. The van der Waals surface area contributed by atoms with Gasteiger partial charge >= 0.3 is 0 Å². The van der Waals surface area contributed by atoms with Crippen LogP contribution in [0, 0.1) is 0 Å². The van der Waals surface area contributed by atoms with Crippen LogP contribution in [0.3, 0.4) is 0 Å². The van der Waals surface area contributed by atoms with E-state index >= 15 is 0 Å². The van der Waals surface area contributed by atoms with Gasteiger partial charge in [-0.25, -0.2) is 5.43 Å². The molecule has 3 rings (SSSR count). The van der Waals surface area contributed by atoms with Gasteiger partial charge in [-0.2, -0.15) is 11.3 Å². The molecule has 0 amide bonds. The van der Waals surface area contributed by atoms with Crippen molar-refractivity contribution in [3.05, 3.63) is 57.8 Å². The summed E-state index contributed by atoms with van der Waals surface area (Å²) < 4.78 is 5.94. The summed E-state index contributed by atoms with van der Waals surface area (Å²) in [6.45, 7) is 0.754. The smallest absolute Gasteiger partial charge is 0.104 e. The fourth-order valence-electron chi connectivity index (χ4n) is 2.51. The minimum Gasteiger partial charge on any atom is -0.371 e. The van der Waals surface area contributed by atoms with Crippen LogP contribution in [0.15, 0.2) is 41.1 Å². The van der Waals surface area contributed by atoms with Gasteiger partial charge in [0.1, 0.15) is 6.10 Å². The topological polar surface area (TPSA) is 47.3 Å². The van der Waals surface area contributed by atoms with E-state index in [0.29, 0.717) is 0 Å². The molecule has 3 N–H and O–H groups in total. The second kappa shape index (κ2) is 5.20. The van der Waals surface area contributed by atoms with E-state index in [4.69, 9.17) is 10.6 Å². The predicted molar refractivity (Wildman–Crippen MR) is 73.2 cm³/mol. The third-order valence-corrected chi connectivity index (χ3v) is 4.12. The molecule has 0 radical (unpaired) electrons. The zero-order chi connectivity index (χ0) is 12.4. The summed E-state index contributed by atoms with van der Waals surface area (Å²) in [5.41, 5.74) is 6.69. The summed E-state index contributed by atoms with van der Waals surface area (Å²) in [5.74, 6) is 5.73. The third kappa shape index (κ3) is 2.08. The van der Waals surface area contributed by atoms with E-state index in [9.17, 15) is 0 Å². The normalized spacial score (nSPS) is 20.4. The summed E-state index contributed by atoms with van der Waals surface area (Å²) in [6.07, 6.45) is 0.975. The van der Waals surface area contributed by atoms with Crippen LogP contribution in [0.4, 0.5) is 0 Å². The Morgan fingerprint density at radius 1 is 1.33 bits per heavy atom. The molecule has 2 unspecified atom stereocenters. The van der Waals surface area contributed by atoms with E-state index < -0.39 is 0 Å². The van der Waals surface area contributed by atoms with Crippen LogP contribution in [0.1, 0.15) is 28.8 Å². The van der Waals surface area contributed by atoms with E-state index in [1.807, 2.05) is 0 Å². The first-order valence-corrected chi connectivity index (χ1v) is 7.02. The summed E-state index contributed by atoms with van der Waals surface area (Å²) in [7, 11) is 0. The molecule has 0 saturated heterocycles. The van der Waals surface area contributed by atoms with Crippen LogP contribution >= 0.6 is 11.3 Å². The lowest BCUT2D eigenvalue weighted by molar-refractivity contribution is 0.0148. The van der Waals surface area contributed by atoms with Gasteiger partial charge in [0.25, 0.3) is 0 Å². The zero-order valence-corrected chi connectivity index (χ0v) is 10.8. The van der Waals surface area contributed by atoms with Crippen molar-refractivity contribution in [3.8, 4) is 0 Å². The Balaban J connectivity index is 1.97. The fraction of sp³-hybridized carbons (Fsp3) is 0.286. The number of nitrogens with one attached hydrogen (secondary N) is 1. The maximum absolute atomic E-state index is 5.94. The maximum atomic E-state index is 5.94. The van der Waals surface area contributed by atoms with Crippen LogP contribution in [-0.2, 0) is 11.2 Å². The van der Waals surface area contributed by atoms with Crippen molar-refractivity contribution in [2.75, 3.05) is 6.61 Å². The number of hydrogen-bond donors (Lipinski definition) is 2. The van der Waals surface area contributed by atoms with Gasteiger partial charge in [-0.3, -0.25) is 5.84 Å². The van der Waals surface area contributed by atoms with Gasteiger partial charge in [0.2, 0.25) is 0 Å². The minimum absolute atomic E-state index is 0.00505. The molecule has 0 aliphatic carbocycles. The molecule has 94 valence electrons. The highest BCUT2D eigenvalue weighted by atomic mass is 32.1. The highest BCUT2D eigenvalue weighted by molar-refractivity contribution is 7.07. The molecule has 1 aliphatic heterocycles. The van der Waals surface area contributed by atoms with Gasteiger partial charge in [0.05, 0.1) is 12.6 Å². The first-order valence-electron chi connectivity index (χ1n) is 6.08. The molecular formula is C14H16N2OS. The molecule has 0 spiro atoms. The summed E-state index contributed by atoms with van der Waals surface area (Å²) >= 11 is 1.68. The minimum atomic E-state index is -0.00505. The number of benzene rings is 1. The van der Waals surface area contributed by atoms with E-state index in [-0.39, 0.29) is 12.1 Å². The molecule has 1 aromatic heterocycles. The summed E-state index contributed by atoms with van der Waals surface area (Å²) in [4.78, 5) is 0. The van der Waals surface area contributed by atoms with E-state index in [0.717, 1.165) is 13.0 Å². The lowest BCUT2D eigenvalue weighted by Crippen LogP contribution is -2.35. The molecule has 18 heavy (non-hydrogen) atoms. The Hall–Kier alpha value is -1.20. The van der Waals surface area contributed by atoms with Crippen LogP contribution in [0.2, 0.25) is 0 Å². The van der Waals surface area contributed by atoms with Gasteiger partial charge < -0.3 is 4.74 Å². The number of rotatable bonds is 3. The quantitative estimate of drug-likeness (QED) is 0.658. The Morgan fingerprint density at radius 2 is 2.22 bits per heavy atom. The third-order valence-electron chi connectivity index (χ3n) is 3.42. The van der Waals surface area contributed by atoms with Crippen molar-refractivity contribution in [3.63, 3.8) is 0 Å². The molecule has 4 heteroatoms. The molecular weight excluding hydrogens is 244 g/mol. The number of thiophene rings is 1. The molecule has 1 aliphatic rings. The number of fused-ring (bicyclic) bond motifs is 1. The second-order valence-electron chi connectivity index (χ2n) is 4.44. The summed E-state index contributed by atoms with van der Waals surface area (Å²) in [6, 6.07) is 10.5. The highest BCUT2D eigenvalue weighted by Crippen LogP contribution is 2.37. The molecule has 3 nitrogen and oxygen atoms in total. The Labute approximate surface area is 111 Å². The van der Waals surface area contributed by atoms with Gasteiger partial charge in [-0.1, -0.05) is 24.3 Å². The van der Waals surface area contributed by atoms with Crippen LogP contribution in [-0.4, -0.2) is 6.61 Å². The average Bonchev–Trinajstić information content (AvgIpc) is 2.94. The van der Waals surface area contributed by atoms with Crippen LogP contribution < -0.4 is 11.3 Å². The molecule has 2 atom stereocenters. The second-order valence-corrected chi connectivity index (χ2v) is 5.22. The van der Waals surface area contributed by atoms with Gasteiger partial charge in [0.15, 0.2) is 0 Å². The van der Waals surface area contributed by atoms with Crippen molar-refractivity contribution >= 4 is 11.3 Å². The first kappa shape index (κ1) is 11.9. The van der Waals surface area contributed by atoms with E-state index in [2.05, 4.69) is 46.5 Å². The highest BCUT2D eigenvalue weighted by Gasteiger charge is 2.29. The fourth-order valence-corrected chi connectivity index (χ4v) is 3.21. The molecule has 1 aromatic carbocycles. The SMILES string of the molecule is NNC(c1ccsc1)C1OCCc2ccccc21. The van der Waals surface area contributed by atoms with Gasteiger partial charge in [-0.05, 0) is 39.9 Å². The predicted octanol–water partition coefficient (Wildman–Crippen LogP) is 2.57. The monoisotopic (exact) mass is 260 g/mol.